The van der Waals surface area contributed by atoms with E-state index in [2.05, 4.69) is 17.4 Å². The highest BCUT2D eigenvalue weighted by Crippen LogP contribution is 2.44. The summed E-state index contributed by atoms with van der Waals surface area (Å²) in [5.41, 5.74) is 7.14. The minimum absolute atomic E-state index is 0. The number of halogens is 1. The van der Waals surface area contributed by atoms with Gasteiger partial charge in [0.2, 0.25) is 5.91 Å². The SMILES string of the molecule is Cl.NC[C@H]1CCC[C@H]1C(=O)NCC1(c2ccc3c(c2)OCCO3)CCCC1. The lowest BCUT2D eigenvalue weighted by Gasteiger charge is -2.32. The van der Waals surface area contributed by atoms with Crippen molar-refractivity contribution in [2.75, 3.05) is 26.3 Å². The van der Waals surface area contributed by atoms with Crippen molar-refractivity contribution >= 4 is 18.3 Å². The van der Waals surface area contributed by atoms with Crippen LogP contribution in [0.25, 0.3) is 0 Å². The van der Waals surface area contributed by atoms with Crippen molar-refractivity contribution < 1.29 is 14.3 Å². The molecule has 2 saturated carbocycles. The summed E-state index contributed by atoms with van der Waals surface area (Å²) in [6.45, 7) is 2.53. The topological polar surface area (TPSA) is 73.6 Å². The van der Waals surface area contributed by atoms with E-state index in [1.807, 2.05) is 6.07 Å². The number of rotatable bonds is 5. The van der Waals surface area contributed by atoms with Gasteiger partial charge in [-0.15, -0.1) is 12.4 Å². The molecule has 6 heteroatoms. The molecule has 2 atom stereocenters. The molecular formula is C21H31ClN2O3. The number of benzene rings is 1. The number of fused-ring (bicyclic) bond motifs is 1. The summed E-state index contributed by atoms with van der Waals surface area (Å²) in [6, 6.07) is 6.31. The highest BCUT2D eigenvalue weighted by Gasteiger charge is 2.38. The number of carbonyl (C=O) groups is 1. The number of amides is 1. The molecule has 1 amide bonds. The molecule has 150 valence electrons. The van der Waals surface area contributed by atoms with Crippen LogP contribution in [0.4, 0.5) is 0 Å². The number of carbonyl (C=O) groups excluding carboxylic acids is 1. The third-order valence-electron chi connectivity index (χ3n) is 6.61. The van der Waals surface area contributed by atoms with Crippen molar-refractivity contribution in [2.24, 2.45) is 17.6 Å². The van der Waals surface area contributed by atoms with E-state index in [1.165, 1.54) is 18.4 Å². The molecule has 1 aromatic rings. The van der Waals surface area contributed by atoms with Gasteiger partial charge in [0, 0.05) is 17.9 Å². The Kier molecular flexibility index (Phi) is 6.53. The molecule has 4 rings (SSSR count). The first-order chi connectivity index (χ1) is 12.7. The van der Waals surface area contributed by atoms with Gasteiger partial charge in [-0.2, -0.15) is 0 Å². The molecule has 0 radical (unpaired) electrons. The van der Waals surface area contributed by atoms with Crippen LogP contribution >= 0.6 is 12.4 Å². The quantitative estimate of drug-likeness (QED) is 0.804. The molecule has 0 aromatic heterocycles. The number of ether oxygens (including phenoxy) is 2. The lowest BCUT2D eigenvalue weighted by molar-refractivity contribution is -0.126. The molecule has 1 aliphatic heterocycles. The van der Waals surface area contributed by atoms with Crippen LogP contribution in [0.3, 0.4) is 0 Å². The van der Waals surface area contributed by atoms with Crippen LogP contribution in [0.5, 0.6) is 11.5 Å². The van der Waals surface area contributed by atoms with Gasteiger partial charge in [-0.25, -0.2) is 0 Å². The van der Waals surface area contributed by atoms with Crippen molar-refractivity contribution in [1.82, 2.24) is 5.32 Å². The Morgan fingerprint density at radius 1 is 1.11 bits per heavy atom. The first-order valence-corrected chi connectivity index (χ1v) is 10.1. The van der Waals surface area contributed by atoms with E-state index in [4.69, 9.17) is 15.2 Å². The van der Waals surface area contributed by atoms with Gasteiger partial charge in [0.25, 0.3) is 0 Å². The lowest BCUT2D eigenvalue weighted by atomic mass is 9.78. The summed E-state index contributed by atoms with van der Waals surface area (Å²) < 4.78 is 11.4. The zero-order chi connectivity index (χ0) is 18.0. The summed E-state index contributed by atoms with van der Waals surface area (Å²) in [6.07, 6.45) is 7.81. The highest BCUT2D eigenvalue weighted by atomic mass is 35.5. The van der Waals surface area contributed by atoms with Crippen LogP contribution in [-0.4, -0.2) is 32.2 Å². The molecule has 0 spiro atoms. The van der Waals surface area contributed by atoms with Crippen molar-refractivity contribution in [3.05, 3.63) is 23.8 Å². The van der Waals surface area contributed by atoms with Crippen LogP contribution in [-0.2, 0) is 10.2 Å². The second kappa shape index (κ2) is 8.70. The van der Waals surface area contributed by atoms with Gasteiger partial charge < -0.3 is 20.5 Å². The summed E-state index contributed by atoms with van der Waals surface area (Å²) in [7, 11) is 0. The first-order valence-electron chi connectivity index (χ1n) is 10.1. The molecule has 1 heterocycles. The van der Waals surface area contributed by atoms with Crippen molar-refractivity contribution in [3.8, 4) is 11.5 Å². The molecule has 5 nitrogen and oxygen atoms in total. The van der Waals surface area contributed by atoms with Crippen molar-refractivity contribution in [2.45, 2.75) is 50.4 Å². The minimum Gasteiger partial charge on any atom is -0.486 e. The fourth-order valence-corrected chi connectivity index (χ4v) is 5.04. The Bertz CT molecular complexity index is 661. The fraction of sp³-hybridized carbons (Fsp3) is 0.667. The maximum absolute atomic E-state index is 12.8. The van der Waals surface area contributed by atoms with Gasteiger partial charge in [0.15, 0.2) is 11.5 Å². The van der Waals surface area contributed by atoms with E-state index in [9.17, 15) is 4.79 Å². The van der Waals surface area contributed by atoms with Gasteiger partial charge in [-0.1, -0.05) is 25.3 Å². The van der Waals surface area contributed by atoms with Crippen molar-refractivity contribution in [1.29, 1.82) is 0 Å². The second-order valence-electron chi connectivity index (χ2n) is 8.10. The number of nitrogens with one attached hydrogen (secondary N) is 1. The van der Waals surface area contributed by atoms with Crippen LogP contribution in [0.15, 0.2) is 18.2 Å². The van der Waals surface area contributed by atoms with Gasteiger partial charge in [-0.3, -0.25) is 4.79 Å². The Balaban J connectivity index is 0.00000210. The molecule has 0 bridgehead atoms. The third kappa shape index (κ3) is 4.04. The van der Waals surface area contributed by atoms with Crippen molar-refractivity contribution in [3.63, 3.8) is 0 Å². The molecule has 3 N–H and O–H groups in total. The molecule has 1 aromatic carbocycles. The second-order valence-corrected chi connectivity index (χ2v) is 8.10. The average molecular weight is 395 g/mol. The largest absolute Gasteiger partial charge is 0.486 e. The third-order valence-corrected chi connectivity index (χ3v) is 6.61. The van der Waals surface area contributed by atoms with Gasteiger partial charge in [0.1, 0.15) is 13.2 Å². The van der Waals surface area contributed by atoms with Crippen LogP contribution < -0.4 is 20.5 Å². The molecule has 2 aliphatic carbocycles. The van der Waals surface area contributed by atoms with E-state index < -0.39 is 0 Å². The molecule has 2 fully saturated rings. The monoisotopic (exact) mass is 394 g/mol. The minimum atomic E-state index is 0. The standard InChI is InChI=1S/C21H30N2O3.ClH/c22-13-15-4-3-5-17(15)20(24)23-14-21(8-1-2-9-21)16-6-7-18-19(12-16)26-11-10-25-18;/h6-7,12,15,17H,1-5,8-11,13-14,22H2,(H,23,24);1H/t15-,17-;/m1./s1. The fourth-order valence-electron chi connectivity index (χ4n) is 5.04. The van der Waals surface area contributed by atoms with Crippen LogP contribution in [0.1, 0.15) is 50.5 Å². The Morgan fingerprint density at radius 3 is 2.59 bits per heavy atom. The van der Waals surface area contributed by atoms with Gasteiger partial charge in [-0.05, 0) is 55.8 Å². The van der Waals surface area contributed by atoms with E-state index in [1.54, 1.807) is 0 Å². The van der Waals surface area contributed by atoms with Gasteiger partial charge in [0.05, 0.1) is 0 Å². The summed E-state index contributed by atoms with van der Waals surface area (Å²) in [5, 5.41) is 3.28. The predicted octanol–water partition coefficient (Wildman–Crippen LogP) is 3.18. The lowest BCUT2D eigenvalue weighted by Crippen LogP contribution is -2.43. The zero-order valence-corrected chi connectivity index (χ0v) is 16.7. The maximum Gasteiger partial charge on any atom is 0.223 e. The zero-order valence-electron chi connectivity index (χ0n) is 15.9. The summed E-state index contributed by atoms with van der Waals surface area (Å²) >= 11 is 0. The van der Waals surface area contributed by atoms with Crippen LogP contribution in [0, 0.1) is 11.8 Å². The Labute approximate surface area is 167 Å². The predicted molar refractivity (Wildman–Crippen MR) is 108 cm³/mol. The molecule has 0 saturated heterocycles. The number of hydrogen-bond acceptors (Lipinski definition) is 4. The smallest absolute Gasteiger partial charge is 0.223 e. The number of hydrogen-bond donors (Lipinski definition) is 2. The summed E-state index contributed by atoms with van der Waals surface area (Å²) in [5.74, 6) is 2.31. The maximum atomic E-state index is 12.8. The molecule has 3 aliphatic rings. The van der Waals surface area contributed by atoms with Gasteiger partial charge >= 0.3 is 0 Å². The van der Waals surface area contributed by atoms with E-state index in [-0.39, 0.29) is 29.6 Å². The van der Waals surface area contributed by atoms with E-state index >= 15 is 0 Å². The highest BCUT2D eigenvalue weighted by molar-refractivity contribution is 5.85. The normalized spacial score (nSPS) is 25.7. The Morgan fingerprint density at radius 2 is 1.85 bits per heavy atom. The number of nitrogens with two attached hydrogens (primary N) is 1. The molecule has 27 heavy (non-hydrogen) atoms. The van der Waals surface area contributed by atoms with E-state index in [0.717, 1.165) is 43.6 Å². The average Bonchev–Trinajstić information content (AvgIpc) is 3.35. The summed E-state index contributed by atoms with van der Waals surface area (Å²) in [4.78, 5) is 12.8. The Hall–Kier alpha value is -1.46. The van der Waals surface area contributed by atoms with E-state index in [0.29, 0.717) is 32.2 Å². The molecular weight excluding hydrogens is 364 g/mol. The molecule has 0 unspecified atom stereocenters. The first kappa shape index (κ1) is 20.3. The van der Waals surface area contributed by atoms with Crippen LogP contribution in [0.2, 0.25) is 0 Å².